The molecule has 0 bridgehead atoms. The standard InChI is InChI=1S/C7H12O/c1-3-4-5-6-7(2)8/h3-4,8H,2,5-6H2,1H3/b4-3-. The summed E-state index contributed by atoms with van der Waals surface area (Å²) in [6.07, 6.45) is 5.54. The minimum Gasteiger partial charge on any atom is -0.513 e. The summed E-state index contributed by atoms with van der Waals surface area (Å²) in [6.45, 7) is 5.31. The van der Waals surface area contributed by atoms with Crippen molar-refractivity contribution in [2.75, 3.05) is 0 Å². The van der Waals surface area contributed by atoms with Crippen LogP contribution in [0.3, 0.4) is 0 Å². The van der Waals surface area contributed by atoms with E-state index in [1.54, 1.807) is 0 Å². The third-order valence-electron chi connectivity index (χ3n) is 0.835. The minimum atomic E-state index is 0.267. The molecular weight excluding hydrogens is 100 g/mol. The number of aliphatic hydroxyl groups excluding tert-OH is 1. The van der Waals surface area contributed by atoms with Crippen LogP contribution in [0.4, 0.5) is 0 Å². The lowest BCUT2D eigenvalue weighted by atomic mass is 10.3. The molecule has 1 heteroatoms. The molecule has 0 amide bonds. The first-order chi connectivity index (χ1) is 3.77. The predicted molar refractivity (Wildman–Crippen MR) is 35.8 cm³/mol. The van der Waals surface area contributed by atoms with Gasteiger partial charge in [0.1, 0.15) is 0 Å². The van der Waals surface area contributed by atoms with E-state index in [4.69, 9.17) is 5.11 Å². The molecule has 8 heavy (non-hydrogen) atoms. The van der Waals surface area contributed by atoms with Crippen LogP contribution in [0.15, 0.2) is 24.5 Å². The highest BCUT2D eigenvalue weighted by Gasteiger charge is 1.82. The van der Waals surface area contributed by atoms with Crippen molar-refractivity contribution < 1.29 is 5.11 Å². The molecule has 46 valence electrons. The average Bonchev–Trinajstić information content (AvgIpc) is 1.66. The number of hydrogen-bond acceptors (Lipinski definition) is 1. The van der Waals surface area contributed by atoms with E-state index in [1.165, 1.54) is 0 Å². The van der Waals surface area contributed by atoms with E-state index >= 15 is 0 Å². The highest BCUT2D eigenvalue weighted by molar-refractivity contribution is 4.85. The molecule has 0 aliphatic rings. The largest absolute Gasteiger partial charge is 0.513 e. The Bertz CT molecular complexity index is 92.6. The van der Waals surface area contributed by atoms with Crippen molar-refractivity contribution in [3.8, 4) is 0 Å². The Morgan fingerprint density at radius 3 is 2.75 bits per heavy atom. The van der Waals surface area contributed by atoms with Gasteiger partial charge >= 0.3 is 0 Å². The second-order valence-electron chi connectivity index (χ2n) is 1.67. The van der Waals surface area contributed by atoms with Gasteiger partial charge in [-0.3, -0.25) is 0 Å². The zero-order valence-corrected chi connectivity index (χ0v) is 5.22. The van der Waals surface area contributed by atoms with Crippen LogP contribution in [0.5, 0.6) is 0 Å². The maximum Gasteiger partial charge on any atom is 0.0854 e. The fourth-order valence-electron chi connectivity index (χ4n) is 0.417. The molecule has 0 aromatic rings. The maximum absolute atomic E-state index is 8.55. The van der Waals surface area contributed by atoms with Gasteiger partial charge in [-0.15, -0.1) is 0 Å². The van der Waals surface area contributed by atoms with E-state index < -0.39 is 0 Å². The summed E-state index contributed by atoms with van der Waals surface area (Å²) in [5.74, 6) is 0.267. The van der Waals surface area contributed by atoms with Crippen molar-refractivity contribution in [2.24, 2.45) is 0 Å². The zero-order valence-electron chi connectivity index (χ0n) is 5.22. The van der Waals surface area contributed by atoms with Gasteiger partial charge in [0.15, 0.2) is 0 Å². The molecule has 0 atom stereocenters. The van der Waals surface area contributed by atoms with Crippen LogP contribution in [0.25, 0.3) is 0 Å². The molecule has 1 nitrogen and oxygen atoms in total. The van der Waals surface area contributed by atoms with E-state index in [1.807, 2.05) is 19.1 Å². The van der Waals surface area contributed by atoms with Crippen LogP contribution >= 0.6 is 0 Å². The number of hydrogen-bond donors (Lipinski definition) is 1. The highest BCUT2D eigenvalue weighted by atomic mass is 16.3. The Hall–Kier alpha value is -0.720. The van der Waals surface area contributed by atoms with Crippen molar-refractivity contribution in [2.45, 2.75) is 19.8 Å². The number of rotatable bonds is 3. The van der Waals surface area contributed by atoms with Crippen molar-refractivity contribution in [3.05, 3.63) is 24.5 Å². The fraction of sp³-hybridized carbons (Fsp3) is 0.429. The summed E-state index contributed by atoms with van der Waals surface area (Å²) < 4.78 is 0. The monoisotopic (exact) mass is 112 g/mol. The third kappa shape index (κ3) is 5.28. The average molecular weight is 112 g/mol. The van der Waals surface area contributed by atoms with Crippen molar-refractivity contribution in [1.82, 2.24) is 0 Å². The van der Waals surface area contributed by atoms with E-state index in [0.717, 1.165) is 6.42 Å². The third-order valence-corrected chi connectivity index (χ3v) is 0.835. The Labute approximate surface area is 50.3 Å². The summed E-state index contributed by atoms with van der Waals surface area (Å²) in [4.78, 5) is 0. The first-order valence-electron chi connectivity index (χ1n) is 2.75. The van der Waals surface area contributed by atoms with Gasteiger partial charge in [-0.2, -0.15) is 0 Å². The summed E-state index contributed by atoms with van der Waals surface area (Å²) in [5, 5.41) is 8.55. The predicted octanol–water partition coefficient (Wildman–Crippen LogP) is 2.41. The summed E-state index contributed by atoms with van der Waals surface area (Å²) >= 11 is 0. The topological polar surface area (TPSA) is 20.2 Å². The second-order valence-corrected chi connectivity index (χ2v) is 1.67. The minimum absolute atomic E-state index is 0.267. The summed E-state index contributed by atoms with van der Waals surface area (Å²) in [7, 11) is 0. The molecule has 0 aliphatic carbocycles. The molecule has 1 N–H and O–H groups in total. The van der Waals surface area contributed by atoms with Gasteiger partial charge < -0.3 is 5.11 Å². The molecule has 0 aromatic heterocycles. The van der Waals surface area contributed by atoms with Crippen LogP contribution in [0, 0.1) is 0 Å². The van der Waals surface area contributed by atoms with Crippen LogP contribution in [-0.2, 0) is 0 Å². The lowest BCUT2D eigenvalue weighted by molar-refractivity contribution is 0.392. The second kappa shape index (κ2) is 4.44. The van der Waals surface area contributed by atoms with Crippen LogP contribution < -0.4 is 0 Å². The molecule has 0 aliphatic heterocycles. The van der Waals surface area contributed by atoms with Crippen molar-refractivity contribution >= 4 is 0 Å². The fourth-order valence-corrected chi connectivity index (χ4v) is 0.417. The Kier molecular flexibility index (Phi) is 4.04. The van der Waals surface area contributed by atoms with Gasteiger partial charge in [0, 0.05) is 6.42 Å². The smallest absolute Gasteiger partial charge is 0.0854 e. The summed E-state index contributed by atoms with van der Waals surface area (Å²) in [5.41, 5.74) is 0. The van der Waals surface area contributed by atoms with Gasteiger partial charge in [-0.25, -0.2) is 0 Å². The van der Waals surface area contributed by atoms with Crippen LogP contribution in [0.1, 0.15) is 19.8 Å². The normalized spacial score (nSPS) is 10.1. The molecule has 0 rings (SSSR count). The van der Waals surface area contributed by atoms with Crippen LogP contribution in [-0.4, -0.2) is 5.11 Å². The lowest BCUT2D eigenvalue weighted by Crippen LogP contribution is -1.74. The molecule has 0 radical (unpaired) electrons. The molecular formula is C7H12O. The number of allylic oxidation sites excluding steroid dienone is 3. The molecule has 0 spiro atoms. The van der Waals surface area contributed by atoms with Crippen molar-refractivity contribution in [3.63, 3.8) is 0 Å². The molecule has 0 unspecified atom stereocenters. The van der Waals surface area contributed by atoms with Crippen LogP contribution in [0.2, 0.25) is 0 Å². The van der Waals surface area contributed by atoms with E-state index in [0.29, 0.717) is 6.42 Å². The highest BCUT2D eigenvalue weighted by Crippen LogP contribution is 1.97. The number of aliphatic hydroxyl groups is 1. The molecule has 0 heterocycles. The van der Waals surface area contributed by atoms with Gasteiger partial charge in [0.05, 0.1) is 5.76 Å². The molecule has 0 saturated carbocycles. The van der Waals surface area contributed by atoms with Gasteiger partial charge in [0.25, 0.3) is 0 Å². The Morgan fingerprint density at radius 2 is 2.38 bits per heavy atom. The Balaban J connectivity index is 3.05. The van der Waals surface area contributed by atoms with E-state index in [2.05, 4.69) is 6.58 Å². The first kappa shape index (κ1) is 7.28. The SMILES string of the molecule is C=C(O)CC/C=C\C. The molecule has 0 aromatic carbocycles. The van der Waals surface area contributed by atoms with Gasteiger partial charge in [-0.05, 0) is 13.3 Å². The lowest BCUT2D eigenvalue weighted by Gasteiger charge is -1.89. The maximum atomic E-state index is 8.55. The van der Waals surface area contributed by atoms with Gasteiger partial charge in [0.2, 0.25) is 0 Å². The quantitative estimate of drug-likeness (QED) is 0.439. The van der Waals surface area contributed by atoms with E-state index in [-0.39, 0.29) is 5.76 Å². The molecule has 0 fully saturated rings. The zero-order chi connectivity index (χ0) is 6.41. The van der Waals surface area contributed by atoms with E-state index in [9.17, 15) is 0 Å². The summed E-state index contributed by atoms with van der Waals surface area (Å²) in [6, 6.07) is 0. The van der Waals surface area contributed by atoms with Crippen molar-refractivity contribution in [1.29, 1.82) is 0 Å². The van der Waals surface area contributed by atoms with Gasteiger partial charge in [-0.1, -0.05) is 18.7 Å². The molecule has 0 saturated heterocycles. The first-order valence-corrected chi connectivity index (χ1v) is 2.75. The Morgan fingerprint density at radius 1 is 1.75 bits per heavy atom.